The largest absolute Gasteiger partial charge is 0.477 e. The average molecular weight is 244 g/mol. The Labute approximate surface area is 101 Å². The first-order valence-electron chi connectivity index (χ1n) is 5.14. The lowest BCUT2D eigenvalue weighted by Crippen LogP contribution is -2.00. The standard InChI is InChI=1S/C12H8N2O4/c13-11-9(12(15)16)10(14-18-11)8-5-6-3-1-2-4-7(6)17-8/h1-5H,13H2,(H,15,16). The molecule has 1 aromatic carbocycles. The van der Waals surface area contributed by atoms with Gasteiger partial charge in [-0.3, -0.25) is 0 Å². The van der Waals surface area contributed by atoms with Crippen molar-refractivity contribution < 1.29 is 18.8 Å². The summed E-state index contributed by atoms with van der Waals surface area (Å²) < 4.78 is 10.2. The lowest BCUT2D eigenvalue weighted by molar-refractivity contribution is 0.0698. The SMILES string of the molecule is Nc1onc(-c2cc3ccccc3o2)c1C(=O)O. The number of benzene rings is 1. The molecule has 0 bridgehead atoms. The molecule has 3 N–H and O–H groups in total. The van der Waals surface area contributed by atoms with Crippen LogP contribution < -0.4 is 5.73 Å². The molecule has 6 nitrogen and oxygen atoms in total. The van der Waals surface area contributed by atoms with E-state index in [1.54, 1.807) is 12.1 Å². The normalized spacial score (nSPS) is 10.9. The smallest absolute Gasteiger partial charge is 0.343 e. The highest BCUT2D eigenvalue weighted by atomic mass is 16.5. The van der Waals surface area contributed by atoms with Crippen molar-refractivity contribution in [2.45, 2.75) is 0 Å². The van der Waals surface area contributed by atoms with E-state index >= 15 is 0 Å². The van der Waals surface area contributed by atoms with Gasteiger partial charge in [0.2, 0.25) is 5.88 Å². The molecule has 0 fully saturated rings. The Bertz CT molecular complexity index is 708. The van der Waals surface area contributed by atoms with E-state index in [1.807, 2.05) is 18.2 Å². The summed E-state index contributed by atoms with van der Waals surface area (Å²) in [5.74, 6) is -1.13. The summed E-state index contributed by atoms with van der Waals surface area (Å²) in [4.78, 5) is 11.1. The number of aromatic carboxylic acids is 1. The van der Waals surface area contributed by atoms with Gasteiger partial charge in [0.1, 0.15) is 5.58 Å². The molecule has 0 unspecified atom stereocenters. The van der Waals surface area contributed by atoms with Crippen LogP contribution in [0, 0.1) is 0 Å². The number of anilines is 1. The van der Waals surface area contributed by atoms with E-state index in [1.165, 1.54) is 0 Å². The van der Waals surface area contributed by atoms with E-state index in [-0.39, 0.29) is 17.1 Å². The number of nitrogens with zero attached hydrogens (tertiary/aromatic N) is 1. The van der Waals surface area contributed by atoms with E-state index in [9.17, 15) is 4.79 Å². The zero-order valence-electron chi connectivity index (χ0n) is 9.08. The Morgan fingerprint density at radius 2 is 2.11 bits per heavy atom. The molecule has 2 aromatic heterocycles. The zero-order valence-corrected chi connectivity index (χ0v) is 9.08. The number of furan rings is 1. The molecule has 3 aromatic rings. The first-order chi connectivity index (χ1) is 8.66. The van der Waals surface area contributed by atoms with Crippen LogP contribution in [0.25, 0.3) is 22.4 Å². The number of carboxylic acid groups (broad SMARTS) is 1. The molecule has 18 heavy (non-hydrogen) atoms. The van der Waals surface area contributed by atoms with Gasteiger partial charge in [-0.05, 0) is 12.1 Å². The number of fused-ring (bicyclic) bond motifs is 1. The zero-order chi connectivity index (χ0) is 12.7. The quantitative estimate of drug-likeness (QED) is 0.717. The maximum absolute atomic E-state index is 11.1. The fraction of sp³-hybridized carbons (Fsp3) is 0. The van der Waals surface area contributed by atoms with Gasteiger partial charge in [0.15, 0.2) is 17.0 Å². The Hall–Kier alpha value is -2.76. The van der Waals surface area contributed by atoms with Gasteiger partial charge in [0.05, 0.1) is 0 Å². The van der Waals surface area contributed by atoms with Gasteiger partial charge >= 0.3 is 5.97 Å². The maximum atomic E-state index is 11.1. The Kier molecular flexibility index (Phi) is 2.09. The third kappa shape index (κ3) is 1.43. The van der Waals surface area contributed by atoms with Crippen molar-refractivity contribution in [1.82, 2.24) is 5.16 Å². The van der Waals surface area contributed by atoms with E-state index in [4.69, 9.17) is 19.8 Å². The molecular formula is C12H8N2O4. The van der Waals surface area contributed by atoms with Crippen molar-refractivity contribution in [1.29, 1.82) is 0 Å². The van der Waals surface area contributed by atoms with E-state index in [0.717, 1.165) is 5.39 Å². The van der Waals surface area contributed by atoms with Crippen molar-refractivity contribution >= 4 is 22.8 Å². The molecule has 2 heterocycles. The second kappa shape index (κ2) is 3.63. The van der Waals surface area contributed by atoms with Crippen LogP contribution in [0.15, 0.2) is 39.3 Å². The molecule has 0 aliphatic heterocycles. The molecule has 0 saturated carbocycles. The first kappa shape index (κ1) is 10.4. The van der Waals surface area contributed by atoms with Gasteiger partial charge in [-0.1, -0.05) is 23.4 Å². The van der Waals surface area contributed by atoms with E-state index in [0.29, 0.717) is 11.3 Å². The molecule has 0 amide bonds. The highest BCUT2D eigenvalue weighted by molar-refractivity contribution is 5.99. The molecule has 0 radical (unpaired) electrons. The van der Waals surface area contributed by atoms with Gasteiger partial charge in [-0.15, -0.1) is 0 Å². The lowest BCUT2D eigenvalue weighted by atomic mass is 10.2. The van der Waals surface area contributed by atoms with Crippen LogP contribution in [0.2, 0.25) is 0 Å². The summed E-state index contributed by atoms with van der Waals surface area (Å²) in [5.41, 5.74) is 5.97. The maximum Gasteiger partial charge on any atom is 0.343 e. The number of hydrogen-bond donors (Lipinski definition) is 2. The minimum Gasteiger partial charge on any atom is -0.477 e. The number of nitrogen functional groups attached to an aromatic ring is 1. The molecule has 90 valence electrons. The van der Waals surface area contributed by atoms with Crippen molar-refractivity contribution in [2.75, 3.05) is 5.73 Å². The third-order valence-electron chi connectivity index (χ3n) is 2.59. The number of carboxylic acids is 1. The first-order valence-corrected chi connectivity index (χ1v) is 5.14. The van der Waals surface area contributed by atoms with Crippen molar-refractivity contribution in [3.05, 3.63) is 35.9 Å². The fourth-order valence-corrected chi connectivity index (χ4v) is 1.78. The summed E-state index contributed by atoms with van der Waals surface area (Å²) in [6.07, 6.45) is 0. The molecule has 6 heteroatoms. The minimum absolute atomic E-state index is 0.0937. The van der Waals surface area contributed by atoms with Crippen LogP contribution in [0.3, 0.4) is 0 Å². The molecule has 3 rings (SSSR count). The van der Waals surface area contributed by atoms with Crippen LogP contribution in [0.5, 0.6) is 0 Å². The summed E-state index contributed by atoms with van der Waals surface area (Å²) in [7, 11) is 0. The Morgan fingerprint density at radius 3 is 2.83 bits per heavy atom. The van der Waals surface area contributed by atoms with Crippen molar-refractivity contribution in [3.8, 4) is 11.5 Å². The van der Waals surface area contributed by atoms with Gasteiger partial charge in [-0.2, -0.15) is 0 Å². The van der Waals surface area contributed by atoms with Gasteiger partial charge in [-0.25, -0.2) is 4.79 Å². The topological polar surface area (TPSA) is 102 Å². The average Bonchev–Trinajstić information content (AvgIpc) is 2.91. The minimum atomic E-state index is -1.20. The predicted molar refractivity (Wildman–Crippen MR) is 63.1 cm³/mol. The van der Waals surface area contributed by atoms with Crippen LogP contribution in [0.4, 0.5) is 5.88 Å². The van der Waals surface area contributed by atoms with Crippen LogP contribution >= 0.6 is 0 Å². The number of para-hydroxylation sites is 1. The van der Waals surface area contributed by atoms with Crippen LogP contribution in [0.1, 0.15) is 10.4 Å². The highest BCUT2D eigenvalue weighted by Crippen LogP contribution is 2.31. The van der Waals surface area contributed by atoms with Gasteiger partial charge in [0.25, 0.3) is 0 Å². The number of carbonyl (C=O) groups is 1. The van der Waals surface area contributed by atoms with Gasteiger partial charge < -0.3 is 19.8 Å². The number of rotatable bonds is 2. The molecule has 0 saturated heterocycles. The molecular weight excluding hydrogens is 236 g/mol. The molecule has 0 aliphatic rings. The second-order valence-electron chi connectivity index (χ2n) is 3.72. The third-order valence-corrected chi connectivity index (χ3v) is 2.59. The fourth-order valence-electron chi connectivity index (χ4n) is 1.78. The molecule has 0 aliphatic carbocycles. The lowest BCUT2D eigenvalue weighted by Gasteiger charge is -1.92. The van der Waals surface area contributed by atoms with Crippen molar-refractivity contribution in [3.63, 3.8) is 0 Å². The van der Waals surface area contributed by atoms with Gasteiger partial charge in [0, 0.05) is 5.39 Å². The van der Waals surface area contributed by atoms with Crippen LogP contribution in [-0.2, 0) is 0 Å². The number of aromatic nitrogens is 1. The van der Waals surface area contributed by atoms with E-state index < -0.39 is 5.97 Å². The number of nitrogens with two attached hydrogens (primary N) is 1. The predicted octanol–water partition coefficient (Wildman–Crippen LogP) is 2.37. The summed E-state index contributed by atoms with van der Waals surface area (Å²) in [5, 5.41) is 13.5. The van der Waals surface area contributed by atoms with E-state index in [2.05, 4.69) is 5.16 Å². The van der Waals surface area contributed by atoms with Crippen molar-refractivity contribution in [2.24, 2.45) is 0 Å². The monoisotopic (exact) mass is 244 g/mol. The summed E-state index contributed by atoms with van der Waals surface area (Å²) in [6.45, 7) is 0. The van der Waals surface area contributed by atoms with Crippen LogP contribution in [-0.4, -0.2) is 16.2 Å². The molecule has 0 spiro atoms. The summed E-state index contributed by atoms with van der Waals surface area (Å²) in [6, 6.07) is 9.01. The Morgan fingerprint density at radius 1 is 1.33 bits per heavy atom. The number of hydrogen-bond acceptors (Lipinski definition) is 5. The highest BCUT2D eigenvalue weighted by Gasteiger charge is 2.24. The molecule has 0 atom stereocenters. The second-order valence-corrected chi connectivity index (χ2v) is 3.72. The Balaban J connectivity index is 2.23. The summed E-state index contributed by atoms with van der Waals surface area (Å²) >= 11 is 0.